The van der Waals surface area contributed by atoms with Gasteiger partial charge in [0.2, 0.25) is 0 Å². The maximum Gasteiger partial charge on any atom is 0.294 e. The van der Waals surface area contributed by atoms with Crippen LogP contribution >= 0.6 is 0 Å². The Balaban J connectivity index is 1.83. The molecule has 1 aromatic heterocycles. The number of nitrogens with zero attached hydrogens (tertiary/aromatic N) is 3. The van der Waals surface area contributed by atoms with Crippen LogP contribution in [0.15, 0.2) is 55.0 Å². The smallest absolute Gasteiger partial charge is 0.294 e. The number of imidazole rings is 1. The Hall–Kier alpha value is -2.69. The van der Waals surface area contributed by atoms with E-state index in [-0.39, 0.29) is 17.7 Å². The summed E-state index contributed by atoms with van der Waals surface area (Å²) >= 11 is 0. The predicted octanol–water partition coefficient (Wildman–Crippen LogP) is 3.59. The number of carbonyl (C=O) groups excluding carboxylic acids is 2. The van der Waals surface area contributed by atoms with Gasteiger partial charge in [0.15, 0.2) is 11.6 Å². The van der Waals surface area contributed by atoms with E-state index >= 15 is 0 Å². The molecule has 0 aliphatic heterocycles. The summed E-state index contributed by atoms with van der Waals surface area (Å²) in [4.78, 5) is 31.2. The van der Waals surface area contributed by atoms with Crippen LogP contribution in [0.5, 0.6) is 0 Å². The predicted molar refractivity (Wildman–Crippen MR) is 96.2 cm³/mol. The number of hydrogen-bond donors (Lipinski definition) is 0. The Labute approximate surface area is 148 Å². The minimum atomic E-state index is -0.156. The van der Waals surface area contributed by atoms with Crippen LogP contribution in [0.4, 0.5) is 0 Å². The van der Waals surface area contributed by atoms with Crippen LogP contribution in [0.25, 0.3) is 0 Å². The fourth-order valence-corrected chi connectivity index (χ4v) is 3.25. The topological polar surface area (TPSA) is 55.2 Å². The molecule has 0 N–H and O–H groups in total. The first-order valence-corrected chi connectivity index (χ1v) is 8.74. The summed E-state index contributed by atoms with van der Waals surface area (Å²) in [6.45, 7) is 0. The SMILES string of the molecule is Cn1ccnc1C(=O)N(/C=C/C(=O)c1ccccc1)C1CCCCC1. The molecule has 1 amide bonds. The molecule has 130 valence electrons. The molecule has 0 spiro atoms. The minimum absolute atomic E-state index is 0.103. The normalized spacial score (nSPS) is 15.4. The second-order valence-corrected chi connectivity index (χ2v) is 6.41. The maximum absolute atomic E-state index is 13.0. The zero-order valence-electron chi connectivity index (χ0n) is 14.5. The maximum atomic E-state index is 13.0. The summed E-state index contributed by atoms with van der Waals surface area (Å²) in [5.74, 6) is 0.132. The van der Waals surface area contributed by atoms with Crippen molar-refractivity contribution in [1.29, 1.82) is 0 Å². The van der Waals surface area contributed by atoms with Crippen LogP contribution in [-0.2, 0) is 7.05 Å². The van der Waals surface area contributed by atoms with E-state index in [1.54, 1.807) is 47.2 Å². The molecule has 1 aliphatic rings. The Morgan fingerprint density at radius 3 is 2.52 bits per heavy atom. The first-order chi connectivity index (χ1) is 12.2. The molecule has 0 unspecified atom stereocenters. The van der Waals surface area contributed by atoms with E-state index in [4.69, 9.17) is 0 Å². The van der Waals surface area contributed by atoms with Gasteiger partial charge in [-0.25, -0.2) is 4.98 Å². The third kappa shape index (κ3) is 4.05. The number of carbonyl (C=O) groups is 2. The zero-order valence-corrected chi connectivity index (χ0v) is 14.5. The highest BCUT2D eigenvalue weighted by Gasteiger charge is 2.27. The van der Waals surface area contributed by atoms with E-state index in [9.17, 15) is 9.59 Å². The Morgan fingerprint density at radius 1 is 1.16 bits per heavy atom. The van der Waals surface area contributed by atoms with Gasteiger partial charge in [-0.1, -0.05) is 49.6 Å². The molecule has 25 heavy (non-hydrogen) atoms. The van der Waals surface area contributed by atoms with E-state index in [1.165, 1.54) is 12.5 Å². The van der Waals surface area contributed by atoms with E-state index in [0.29, 0.717) is 11.4 Å². The second-order valence-electron chi connectivity index (χ2n) is 6.41. The van der Waals surface area contributed by atoms with Crippen LogP contribution in [-0.4, -0.2) is 32.2 Å². The van der Waals surface area contributed by atoms with Gasteiger partial charge in [-0.2, -0.15) is 0 Å². The van der Waals surface area contributed by atoms with Crippen molar-refractivity contribution in [2.24, 2.45) is 7.05 Å². The molecule has 1 saturated carbocycles. The van der Waals surface area contributed by atoms with E-state index in [0.717, 1.165) is 25.7 Å². The fraction of sp³-hybridized carbons (Fsp3) is 0.350. The van der Waals surface area contributed by atoms with Gasteiger partial charge in [-0.05, 0) is 12.8 Å². The number of aryl methyl sites for hydroxylation is 1. The molecule has 5 nitrogen and oxygen atoms in total. The number of amides is 1. The highest BCUT2D eigenvalue weighted by atomic mass is 16.2. The molecule has 1 aromatic carbocycles. The molecule has 1 fully saturated rings. The lowest BCUT2D eigenvalue weighted by molar-refractivity contribution is 0.0722. The van der Waals surface area contributed by atoms with Gasteiger partial charge in [0.1, 0.15) is 0 Å². The molecule has 0 atom stereocenters. The summed E-state index contributed by atoms with van der Waals surface area (Å²) in [5.41, 5.74) is 0.617. The van der Waals surface area contributed by atoms with Crippen molar-refractivity contribution in [3.8, 4) is 0 Å². The van der Waals surface area contributed by atoms with Gasteiger partial charge >= 0.3 is 0 Å². The molecule has 0 saturated heterocycles. The van der Waals surface area contributed by atoms with Gasteiger partial charge < -0.3 is 9.47 Å². The van der Waals surface area contributed by atoms with Crippen molar-refractivity contribution in [3.05, 3.63) is 66.4 Å². The number of ketones is 1. The molecule has 1 aliphatic carbocycles. The summed E-state index contributed by atoms with van der Waals surface area (Å²) in [7, 11) is 1.80. The lowest BCUT2D eigenvalue weighted by Crippen LogP contribution is -2.38. The van der Waals surface area contributed by atoms with Gasteiger partial charge in [0, 0.05) is 43.3 Å². The van der Waals surface area contributed by atoms with Crippen molar-refractivity contribution in [3.63, 3.8) is 0 Å². The van der Waals surface area contributed by atoms with Crippen LogP contribution in [0.2, 0.25) is 0 Å². The van der Waals surface area contributed by atoms with Crippen molar-refractivity contribution >= 4 is 11.7 Å². The molecule has 0 radical (unpaired) electrons. The molecule has 2 aromatic rings. The van der Waals surface area contributed by atoms with E-state index < -0.39 is 0 Å². The number of aromatic nitrogens is 2. The summed E-state index contributed by atoms with van der Waals surface area (Å²) in [6.07, 6.45) is 11.8. The van der Waals surface area contributed by atoms with Crippen LogP contribution in [0, 0.1) is 0 Å². The Morgan fingerprint density at radius 2 is 1.88 bits per heavy atom. The number of rotatable bonds is 5. The van der Waals surface area contributed by atoms with Crippen molar-refractivity contribution in [1.82, 2.24) is 14.5 Å². The largest absolute Gasteiger partial charge is 0.330 e. The second kappa shape index (κ2) is 7.92. The Kier molecular flexibility index (Phi) is 5.43. The molecule has 0 bridgehead atoms. The fourth-order valence-electron chi connectivity index (χ4n) is 3.25. The highest BCUT2D eigenvalue weighted by Crippen LogP contribution is 2.24. The number of allylic oxidation sites excluding steroid dienone is 1. The van der Waals surface area contributed by atoms with Gasteiger partial charge in [-0.15, -0.1) is 0 Å². The van der Waals surface area contributed by atoms with E-state index in [1.807, 2.05) is 18.2 Å². The first kappa shape index (κ1) is 17.1. The highest BCUT2D eigenvalue weighted by molar-refractivity contribution is 6.04. The molecule has 1 heterocycles. The summed E-state index contributed by atoms with van der Waals surface area (Å²) in [5, 5.41) is 0. The quantitative estimate of drug-likeness (QED) is 0.619. The van der Waals surface area contributed by atoms with Crippen molar-refractivity contribution < 1.29 is 9.59 Å². The third-order valence-corrected chi connectivity index (χ3v) is 4.66. The Bertz CT molecular complexity index is 758. The average molecular weight is 337 g/mol. The average Bonchev–Trinajstić information content (AvgIpc) is 3.09. The van der Waals surface area contributed by atoms with Crippen LogP contribution in [0.3, 0.4) is 0 Å². The number of benzene rings is 1. The van der Waals surface area contributed by atoms with Crippen LogP contribution < -0.4 is 0 Å². The van der Waals surface area contributed by atoms with E-state index in [2.05, 4.69) is 4.98 Å². The minimum Gasteiger partial charge on any atom is -0.330 e. The molecular weight excluding hydrogens is 314 g/mol. The van der Waals surface area contributed by atoms with Gasteiger partial charge in [0.05, 0.1) is 0 Å². The van der Waals surface area contributed by atoms with Crippen molar-refractivity contribution in [2.45, 2.75) is 38.1 Å². The third-order valence-electron chi connectivity index (χ3n) is 4.66. The van der Waals surface area contributed by atoms with Gasteiger partial charge in [-0.3, -0.25) is 9.59 Å². The molecular formula is C20H23N3O2. The van der Waals surface area contributed by atoms with Crippen LogP contribution in [0.1, 0.15) is 53.1 Å². The lowest BCUT2D eigenvalue weighted by Gasteiger charge is -2.31. The summed E-state index contributed by atoms with van der Waals surface area (Å²) in [6, 6.07) is 9.21. The molecule has 3 rings (SSSR count). The lowest BCUT2D eigenvalue weighted by atomic mass is 9.94. The number of hydrogen-bond acceptors (Lipinski definition) is 3. The summed E-state index contributed by atoms with van der Waals surface area (Å²) < 4.78 is 1.71. The monoisotopic (exact) mass is 337 g/mol. The molecule has 5 heteroatoms. The van der Waals surface area contributed by atoms with Gasteiger partial charge in [0.25, 0.3) is 5.91 Å². The zero-order chi connectivity index (χ0) is 17.6. The van der Waals surface area contributed by atoms with Crippen molar-refractivity contribution in [2.75, 3.05) is 0 Å². The first-order valence-electron chi connectivity index (χ1n) is 8.74. The standard InChI is InChI=1S/C20H23N3O2/c1-22-15-13-21-19(22)20(25)23(17-10-6-3-7-11-17)14-12-18(24)16-8-4-2-5-9-16/h2,4-5,8-9,12-15,17H,3,6-7,10-11H2,1H3/b14-12+.